The zero-order valence-corrected chi connectivity index (χ0v) is 16.6. The van der Waals surface area contributed by atoms with E-state index in [4.69, 9.17) is 4.52 Å². The topological polar surface area (TPSA) is 96.6 Å². The molecule has 146 valence electrons. The van der Waals surface area contributed by atoms with Crippen LogP contribution in [0.1, 0.15) is 41.9 Å². The standard InChI is InChI=1S/C18H24N4O4S/c1-4-27(24,25)15-7-5-6-14(12-15)17(23)22-10-8-13(9-11-22)16-19-18(20-26-16)21(2)3/h5-7,12-13H,4,8-11H2,1-3H3. The van der Waals surface area contributed by atoms with Crippen LogP contribution in [0.2, 0.25) is 0 Å². The number of piperidine rings is 1. The van der Waals surface area contributed by atoms with Crippen molar-refractivity contribution in [2.45, 2.75) is 30.6 Å². The lowest BCUT2D eigenvalue weighted by atomic mass is 9.96. The van der Waals surface area contributed by atoms with Gasteiger partial charge in [-0.05, 0) is 36.2 Å². The lowest BCUT2D eigenvalue weighted by Crippen LogP contribution is -2.38. The van der Waals surface area contributed by atoms with Crippen molar-refractivity contribution in [1.82, 2.24) is 15.0 Å². The second kappa shape index (κ2) is 7.67. The molecule has 0 aliphatic carbocycles. The highest BCUT2D eigenvalue weighted by molar-refractivity contribution is 7.91. The molecule has 0 bridgehead atoms. The summed E-state index contributed by atoms with van der Waals surface area (Å²) in [5.41, 5.74) is 0.399. The lowest BCUT2D eigenvalue weighted by Gasteiger charge is -2.30. The van der Waals surface area contributed by atoms with Crippen molar-refractivity contribution in [2.75, 3.05) is 37.8 Å². The van der Waals surface area contributed by atoms with Crippen LogP contribution in [0.3, 0.4) is 0 Å². The van der Waals surface area contributed by atoms with Crippen LogP contribution < -0.4 is 4.90 Å². The Balaban J connectivity index is 1.67. The Morgan fingerprint density at radius 2 is 2.00 bits per heavy atom. The summed E-state index contributed by atoms with van der Waals surface area (Å²) in [4.78, 5) is 20.9. The molecule has 0 unspecified atom stereocenters. The van der Waals surface area contributed by atoms with Crippen molar-refractivity contribution in [3.05, 3.63) is 35.7 Å². The van der Waals surface area contributed by atoms with Gasteiger partial charge in [0.1, 0.15) is 0 Å². The molecule has 0 atom stereocenters. The molecule has 1 fully saturated rings. The SMILES string of the molecule is CCS(=O)(=O)c1cccc(C(=O)N2CCC(c3nc(N(C)C)no3)CC2)c1. The van der Waals surface area contributed by atoms with Crippen molar-refractivity contribution >= 4 is 21.7 Å². The van der Waals surface area contributed by atoms with Gasteiger partial charge < -0.3 is 14.3 Å². The molecule has 0 radical (unpaired) electrons. The Hall–Kier alpha value is -2.42. The highest BCUT2D eigenvalue weighted by Gasteiger charge is 2.28. The Labute approximate surface area is 159 Å². The van der Waals surface area contributed by atoms with Crippen molar-refractivity contribution in [3.8, 4) is 0 Å². The minimum absolute atomic E-state index is 0.00908. The van der Waals surface area contributed by atoms with Gasteiger partial charge in [-0.2, -0.15) is 4.98 Å². The number of benzene rings is 1. The summed E-state index contributed by atoms with van der Waals surface area (Å²) in [6, 6.07) is 6.27. The van der Waals surface area contributed by atoms with Crippen molar-refractivity contribution in [2.24, 2.45) is 0 Å². The van der Waals surface area contributed by atoms with Gasteiger partial charge in [0.05, 0.1) is 10.6 Å². The first-order valence-electron chi connectivity index (χ1n) is 8.95. The predicted molar refractivity (Wildman–Crippen MR) is 101 cm³/mol. The van der Waals surface area contributed by atoms with E-state index < -0.39 is 9.84 Å². The number of hydrogen-bond acceptors (Lipinski definition) is 7. The molecule has 1 aromatic carbocycles. The van der Waals surface area contributed by atoms with E-state index in [1.165, 1.54) is 12.1 Å². The minimum atomic E-state index is -3.34. The first kappa shape index (κ1) is 19.3. The molecule has 0 N–H and O–H groups in total. The van der Waals surface area contributed by atoms with Crippen LogP contribution in [-0.4, -0.2) is 62.3 Å². The third kappa shape index (κ3) is 4.13. The molecule has 3 rings (SSSR count). The molecule has 1 aliphatic rings. The zero-order valence-electron chi connectivity index (χ0n) is 15.8. The smallest absolute Gasteiger partial charge is 0.265 e. The number of sulfone groups is 1. The lowest BCUT2D eigenvalue weighted by molar-refractivity contribution is 0.0704. The van der Waals surface area contributed by atoms with Gasteiger partial charge in [-0.25, -0.2) is 8.42 Å². The molecule has 27 heavy (non-hydrogen) atoms. The van der Waals surface area contributed by atoms with Gasteiger partial charge in [0.15, 0.2) is 9.84 Å². The number of nitrogens with zero attached hydrogens (tertiary/aromatic N) is 4. The van der Waals surface area contributed by atoms with Crippen LogP contribution in [-0.2, 0) is 9.84 Å². The third-order valence-electron chi connectivity index (χ3n) is 4.78. The van der Waals surface area contributed by atoms with Crippen LogP contribution in [0.4, 0.5) is 5.95 Å². The first-order chi connectivity index (χ1) is 12.8. The maximum atomic E-state index is 12.8. The molecule has 0 spiro atoms. The van der Waals surface area contributed by atoms with Gasteiger partial charge in [-0.15, -0.1) is 0 Å². The molecule has 1 saturated heterocycles. The molecule has 1 aliphatic heterocycles. The van der Waals surface area contributed by atoms with Crippen molar-refractivity contribution < 1.29 is 17.7 Å². The number of aromatic nitrogens is 2. The number of carbonyl (C=O) groups excluding carboxylic acids is 1. The summed E-state index contributed by atoms with van der Waals surface area (Å²) < 4.78 is 29.4. The number of anilines is 1. The number of likely N-dealkylation sites (tertiary alicyclic amines) is 1. The molecule has 8 nitrogen and oxygen atoms in total. The molecular weight excluding hydrogens is 368 g/mol. The third-order valence-corrected chi connectivity index (χ3v) is 6.51. The Kier molecular flexibility index (Phi) is 5.50. The summed E-state index contributed by atoms with van der Waals surface area (Å²) in [6.07, 6.45) is 1.46. The maximum absolute atomic E-state index is 12.8. The monoisotopic (exact) mass is 392 g/mol. The zero-order chi connectivity index (χ0) is 19.6. The number of hydrogen-bond donors (Lipinski definition) is 0. The highest BCUT2D eigenvalue weighted by atomic mass is 32.2. The molecule has 2 heterocycles. The fourth-order valence-electron chi connectivity index (χ4n) is 3.08. The number of rotatable bonds is 5. The quantitative estimate of drug-likeness (QED) is 0.767. The molecule has 1 aromatic heterocycles. The first-order valence-corrected chi connectivity index (χ1v) is 10.6. The summed E-state index contributed by atoms with van der Waals surface area (Å²) in [5, 5.41) is 3.94. The maximum Gasteiger partial charge on any atom is 0.265 e. The van der Waals surface area contributed by atoms with E-state index in [2.05, 4.69) is 10.1 Å². The van der Waals surface area contributed by atoms with Gasteiger partial charge in [0, 0.05) is 38.7 Å². The summed E-state index contributed by atoms with van der Waals surface area (Å²) in [5.74, 6) is 1.12. The van der Waals surface area contributed by atoms with Crippen molar-refractivity contribution in [1.29, 1.82) is 0 Å². The minimum Gasteiger partial charge on any atom is -0.344 e. The van der Waals surface area contributed by atoms with E-state index in [-0.39, 0.29) is 22.5 Å². The van der Waals surface area contributed by atoms with Gasteiger partial charge in [-0.1, -0.05) is 13.0 Å². The molecule has 9 heteroatoms. The second-order valence-electron chi connectivity index (χ2n) is 6.82. The predicted octanol–water partition coefficient (Wildman–Crippen LogP) is 1.95. The van der Waals surface area contributed by atoms with Gasteiger partial charge >= 0.3 is 0 Å². The van der Waals surface area contributed by atoms with E-state index in [9.17, 15) is 13.2 Å². The van der Waals surface area contributed by atoms with Crippen LogP contribution in [0.25, 0.3) is 0 Å². The average molecular weight is 392 g/mol. The Bertz CT molecular complexity index is 915. The van der Waals surface area contributed by atoms with E-state index in [0.717, 1.165) is 12.8 Å². The molecular formula is C18H24N4O4S. The highest BCUT2D eigenvalue weighted by Crippen LogP contribution is 2.28. The fourth-order valence-corrected chi connectivity index (χ4v) is 4.00. The molecule has 0 saturated carbocycles. The van der Waals surface area contributed by atoms with Crippen LogP contribution in [0.5, 0.6) is 0 Å². The second-order valence-corrected chi connectivity index (χ2v) is 9.10. The Morgan fingerprint density at radius 3 is 2.59 bits per heavy atom. The summed E-state index contributed by atoms with van der Waals surface area (Å²) in [7, 11) is 0.363. The van der Waals surface area contributed by atoms with Gasteiger partial charge in [-0.3, -0.25) is 4.79 Å². The number of amides is 1. The normalized spacial score (nSPS) is 15.7. The largest absolute Gasteiger partial charge is 0.344 e. The fraction of sp³-hybridized carbons (Fsp3) is 0.500. The summed E-state index contributed by atoms with van der Waals surface area (Å²) in [6.45, 7) is 2.72. The van der Waals surface area contributed by atoms with Crippen LogP contribution >= 0.6 is 0 Å². The number of carbonyl (C=O) groups is 1. The van der Waals surface area contributed by atoms with Gasteiger partial charge in [0.2, 0.25) is 5.89 Å². The Morgan fingerprint density at radius 1 is 1.30 bits per heavy atom. The molecule has 2 aromatic rings. The van der Waals surface area contributed by atoms with E-state index in [1.807, 2.05) is 14.1 Å². The van der Waals surface area contributed by atoms with Crippen LogP contribution in [0, 0.1) is 0 Å². The molecule has 1 amide bonds. The summed E-state index contributed by atoms with van der Waals surface area (Å²) >= 11 is 0. The van der Waals surface area contributed by atoms with E-state index in [1.54, 1.807) is 28.9 Å². The van der Waals surface area contributed by atoms with E-state index >= 15 is 0 Å². The van der Waals surface area contributed by atoms with E-state index in [0.29, 0.717) is 30.5 Å². The van der Waals surface area contributed by atoms with Gasteiger partial charge in [0.25, 0.3) is 11.9 Å². The van der Waals surface area contributed by atoms with Crippen molar-refractivity contribution in [3.63, 3.8) is 0 Å². The van der Waals surface area contributed by atoms with Crippen LogP contribution in [0.15, 0.2) is 33.7 Å². The average Bonchev–Trinajstić information content (AvgIpc) is 3.18.